The van der Waals surface area contributed by atoms with Crippen molar-refractivity contribution in [2.24, 2.45) is 5.73 Å². The molecule has 4 aromatic rings. The van der Waals surface area contributed by atoms with E-state index in [9.17, 15) is 4.79 Å². The summed E-state index contributed by atoms with van der Waals surface area (Å²) in [5.41, 5.74) is 11.6. The van der Waals surface area contributed by atoms with E-state index in [0.717, 1.165) is 47.9 Å². The Morgan fingerprint density at radius 1 is 0.974 bits per heavy atom. The van der Waals surface area contributed by atoms with E-state index in [1.807, 2.05) is 49.4 Å². The molecule has 3 N–H and O–H groups in total. The van der Waals surface area contributed by atoms with Crippen molar-refractivity contribution in [2.75, 3.05) is 21.3 Å². The Hall–Kier alpha value is -4.04. The first-order valence-corrected chi connectivity index (χ1v) is 12.8. The van der Waals surface area contributed by atoms with Crippen LogP contribution in [-0.4, -0.2) is 44.3 Å². The average molecular weight is 516 g/mol. The van der Waals surface area contributed by atoms with Gasteiger partial charge in [0.15, 0.2) is 17.1 Å². The molecule has 0 radical (unpaired) electrons. The molecule has 0 bridgehead atoms. The van der Waals surface area contributed by atoms with Crippen molar-refractivity contribution in [3.63, 3.8) is 0 Å². The topological polar surface area (TPSA) is 109 Å². The molecule has 0 unspecified atom stereocenters. The molecule has 0 spiro atoms. The van der Waals surface area contributed by atoms with Crippen molar-refractivity contribution in [2.45, 2.75) is 44.7 Å². The lowest BCUT2D eigenvalue weighted by molar-refractivity contribution is 0.0921. The maximum atomic E-state index is 13.2. The number of furan rings is 1. The summed E-state index contributed by atoms with van der Waals surface area (Å²) in [7, 11) is 4.72. The number of amides is 1. The highest BCUT2D eigenvalue weighted by Gasteiger charge is 2.24. The summed E-state index contributed by atoms with van der Waals surface area (Å²) in [6.45, 7) is 1.98. The normalized spacial score (nSPS) is 17.3. The molecule has 0 aliphatic heterocycles. The zero-order valence-electron chi connectivity index (χ0n) is 22.2. The second-order valence-electron chi connectivity index (χ2n) is 9.71. The quantitative estimate of drug-likeness (QED) is 0.335. The number of nitrogens with two attached hydrogens (primary N) is 1. The second-order valence-corrected chi connectivity index (χ2v) is 9.71. The van der Waals surface area contributed by atoms with E-state index in [0.29, 0.717) is 39.7 Å². The van der Waals surface area contributed by atoms with Gasteiger partial charge in [0.1, 0.15) is 11.3 Å². The summed E-state index contributed by atoms with van der Waals surface area (Å²) < 4.78 is 22.8. The SMILES string of the molecule is COc1cc(-c2cc3nccc(-c4cc(C)cc(C(=O)N[C@@H]5CCCC[C@@H]5N)c4)c3o2)cc(OC)c1OC. The molecule has 2 aromatic carbocycles. The number of pyridine rings is 1. The lowest BCUT2D eigenvalue weighted by Crippen LogP contribution is -2.49. The molecular weight excluding hydrogens is 482 g/mol. The largest absolute Gasteiger partial charge is 0.493 e. The Labute approximate surface area is 222 Å². The van der Waals surface area contributed by atoms with E-state index >= 15 is 0 Å². The van der Waals surface area contributed by atoms with Gasteiger partial charge >= 0.3 is 0 Å². The molecule has 198 valence electrons. The van der Waals surface area contributed by atoms with Gasteiger partial charge in [0.25, 0.3) is 5.91 Å². The van der Waals surface area contributed by atoms with Gasteiger partial charge in [0, 0.05) is 41.0 Å². The fourth-order valence-corrected chi connectivity index (χ4v) is 5.19. The number of hydrogen-bond donors (Lipinski definition) is 2. The lowest BCUT2D eigenvalue weighted by atomic mass is 9.90. The van der Waals surface area contributed by atoms with Crippen molar-refractivity contribution < 1.29 is 23.4 Å². The molecule has 0 saturated heterocycles. The van der Waals surface area contributed by atoms with E-state index in [-0.39, 0.29) is 18.0 Å². The molecule has 8 heteroatoms. The molecule has 8 nitrogen and oxygen atoms in total. The number of benzene rings is 2. The van der Waals surface area contributed by atoms with Crippen LogP contribution in [0.15, 0.2) is 53.1 Å². The first-order valence-electron chi connectivity index (χ1n) is 12.8. The molecule has 2 heterocycles. The number of fused-ring (bicyclic) bond motifs is 1. The zero-order valence-corrected chi connectivity index (χ0v) is 22.2. The number of nitrogens with zero attached hydrogens (tertiary/aromatic N) is 1. The monoisotopic (exact) mass is 515 g/mol. The summed E-state index contributed by atoms with van der Waals surface area (Å²) in [5.74, 6) is 2.06. The number of aromatic nitrogens is 1. The number of ether oxygens (including phenoxy) is 3. The summed E-state index contributed by atoms with van der Waals surface area (Å²) in [4.78, 5) is 17.7. The Morgan fingerprint density at radius 2 is 1.71 bits per heavy atom. The van der Waals surface area contributed by atoms with Crippen LogP contribution in [0, 0.1) is 6.92 Å². The van der Waals surface area contributed by atoms with Crippen LogP contribution >= 0.6 is 0 Å². The number of nitrogens with one attached hydrogen (secondary N) is 1. The molecule has 1 amide bonds. The third-order valence-corrected chi connectivity index (χ3v) is 7.15. The highest BCUT2D eigenvalue weighted by atomic mass is 16.5. The molecular formula is C30H33N3O5. The maximum Gasteiger partial charge on any atom is 0.251 e. The van der Waals surface area contributed by atoms with Crippen LogP contribution in [0.2, 0.25) is 0 Å². The summed E-state index contributed by atoms with van der Waals surface area (Å²) in [6, 6.07) is 13.3. The van der Waals surface area contributed by atoms with Gasteiger partial charge in [0.05, 0.1) is 21.3 Å². The van der Waals surface area contributed by atoms with Gasteiger partial charge in [-0.2, -0.15) is 0 Å². The fourth-order valence-electron chi connectivity index (χ4n) is 5.19. The molecule has 1 aliphatic carbocycles. The van der Waals surface area contributed by atoms with Gasteiger partial charge in [-0.1, -0.05) is 18.9 Å². The van der Waals surface area contributed by atoms with E-state index < -0.39 is 0 Å². The van der Waals surface area contributed by atoms with Crippen LogP contribution in [0.1, 0.15) is 41.6 Å². The molecule has 38 heavy (non-hydrogen) atoms. The van der Waals surface area contributed by atoms with Gasteiger partial charge < -0.3 is 29.7 Å². The highest BCUT2D eigenvalue weighted by molar-refractivity contribution is 5.98. The van der Waals surface area contributed by atoms with Gasteiger partial charge in [-0.3, -0.25) is 9.78 Å². The smallest absolute Gasteiger partial charge is 0.251 e. The molecule has 5 rings (SSSR count). The van der Waals surface area contributed by atoms with Crippen LogP contribution in [0.3, 0.4) is 0 Å². The van der Waals surface area contributed by atoms with Crippen molar-refractivity contribution in [3.8, 4) is 39.7 Å². The number of carbonyl (C=O) groups excluding carboxylic acids is 1. The van der Waals surface area contributed by atoms with Crippen molar-refractivity contribution in [3.05, 3.63) is 59.8 Å². The number of carbonyl (C=O) groups is 1. The standard InChI is InChI=1S/C30H33N3O5/c1-17-11-18(13-20(12-17)30(34)33-23-8-6-5-7-22(23)31)21-9-10-32-24-16-25(38-28(21)24)19-14-26(35-2)29(37-4)27(15-19)36-3/h9-16,22-23H,5-8,31H2,1-4H3,(H,33,34)/t22-,23+/m0/s1. The zero-order chi connectivity index (χ0) is 26.8. The lowest BCUT2D eigenvalue weighted by Gasteiger charge is -2.29. The Bertz CT molecular complexity index is 1450. The number of aryl methyl sites for hydroxylation is 1. The van der Waals surface area contributed by atoms with Crippen LogP contribution < -0.4 is 25.3 Å². The van der Waals surface area contributed by atoms with Crippen molar-refractivity contribution >= 4 is 17.0 Å². The predicted molar refractivity (Wildman–Crippen MR) is 147 cm³/mol. The minimum Gasteiger partial charge on any atom is -0.493 e. The maximum absolute atomic E-state index is 13.2. The molecule has 2 aromatic heterocycles. The van der Waals surface area contributed by atoms with Gasteiger partial charge in [-0.25, -0.2) is 0 Å². The number of hydrogen-bond acceptors (Lipinski definition) is 7. The predicted octanol–water partition coefficient (Wildman–Crippen LogP) is 5.50. The van der Waals surface area contributed by atoms with E-state index in [4.69, 9.17) is 24.4 Å². The highest BCUT2D eigenvalue weighted by Crippen LogP contribution is 2.43. The minimum absolute atomic E-state index is 0.000967. The molecule has 2 atom stereocenters. The van der Waals surface area contributed by atoms with Crippen LogP contribution in [-0.2, 0) is 0 Å². The summed E-state index contributed by atoms with van der Waals surface area (Å²) in [5, 5.41) is 3.15. The number of rotatable bonds is 7. The van der Waals surface area contributed by atoms with E-state index in [1.165, 1.54) is 0 Å². The Morgan fingerprint density at radius 3 is 2.39 bits per heavy atom. The third kappa shape index (κ3) is 4.91. The third-order valence-electron chi connectivity index (χ3n) is 7.15. The fraction of sp³-hybridized carbons (Fsp3) is 0.333. The van der Waals surface area contributed by atoms with Crippen molar-refractivity contribution in [1.29, 1.82) is 0 Å². The minimum atomic E-state index is -0.111. The van der Waals surface area contributed by atoms with Crippen LogP contribution in [0.5, 0.6) is 17.2 Å². The van der Waals surface area contributed by atoms with Crippen LogP contribution in [0.4, 0.5) is 0 Å². The summed E-state index contributed by atoms with van der Waals surface area (Å²) in [6.07, 6.45) is 5.79. The molecule has 1 fully saturated rings. The van der Waals surface area contributed by atoms with Gasteiger partial charge in [-0.05, 0) is 61.2 Å². The first-order chi connectivity index (χ1) is 18.4. The van der Waals surface area contributed by atoms with Gasteiger partial charge in [0.2, 0.25) is 5.75 Å². The van der Waals surface area contributed by atoms with Crippen LogP contribution in [0.25, 0.3) is 33.6 Å². The van der Waals surface area contributed by atoms with E-state index in [2.05, 4.69) is 10.3 Å². The number of methoxy groups -OCH3 is 3. The second kappa shape index (κ2) is 10.8. The Balaban J connectivity index is 1.53. The summed E-state index contributed by atoms with van der Waals surface area (Å²) >= 11 is 0. The van der Waals surface area contributed by atoms with Crippen molar-refractivity contribution in [1.82, 2.24) is 10.3 Å². The molecule has 1 aliphatic rings. The average Bonchev–Trinajstić information content (AvgIpc) is 3.37. The first kappa shape index (κ1) is 25.6. The van der Waals surface area contributed by atoms with Gasteiger partial charge in [-0.15, -0.1) is 0 Å². The van der Waals surface area contributed by atoms with E-state index in [1.54, 1.807) is 27.5 Å². The molecule has 1 saturated carbocycles. The Kier molecular flexibility index (Phi) is 7.24.